The monoisotopic (exact) mass is 466 g/mol. The van der Waals surface area contributed by atoms with Crippen LogP contribution in [0.1, 0.15) is 0 Å². The molecule has 0 aromatic carbocycles. The molecule has 0 amide bonds. The lowest BCUT2D eigenvalue weighted by Crippen LogP contribution is -2.66. The van der Waals surface area contributed by atoms with Gasteiger partial charge in [-0.3, -0.25) is 9.47 Å². The molecular weight excluding hydrogens is 464 g/mol. The summed E-state index contributed by atoms with van der Waals surface area (Å²) < 4.78 is 202. The van der Waals surface area contributed by atoms with Crippen molar-refractivity contribution in [1.29, 1.82) is 0 Å². The van der Waals surface area contributed by atoms with Crippen molar-refractivity contribution in [2.45, 2.75) is 48.5 Å². The van der Waals surface area contributed by atoms with Gasteiger partial charge in [-0.2, -0.15) is 70.2 Å². The Labute approximate surface area is 140 Å². The Morgan fingerprint density at radius 2 is 0.571 bits per heavy atom. The van der Waals surface area contributed by atoms with Crippen LogP contribution in [0.15, 0.2) is 0 Å². The molecular formula is C8H2F16O4. The first-order chi connectivity index (χ1) is 11.7. The molecule has 0 bridgehead atoms. The minimum Gasteiger partial charge on any atom is -0.331 e. The molecule has 0 spiro atoms. The van der Waals surface area contributed by atoms with Crippen LogP contribution >= 0.6 is 0 Å². The first-order valence-corrected chi connectivity index (χ1v) is 5.54. The zero-order valence-corrected chi connectivity index (χ0v) is 11.8. The highest BCUT2D eigenvalue weighted by Gasteiger charge is 2.83. The van der Waals surface area contributed by atoms with Gasteiger partial charge in [0.05, 0.1) is 0 Å². The van der Waals surface area contributed by atoms with Crippen LogP contribution in [-0.2, 0) is 9.47 Å². The van der Waals surface area contributed by atoms with Crippen LogP contribution in [0, 0.1) is 0 Å². The maximum absolute atomic E-state index is 13.0. The summed E-state index contributed by atoms with van der Waals surface area (Å²) in [5.41, 5.74) is 0. The molecule has 0 saturated carbocycles. The predicted octanol–water partition coefficient (Wildman–Crippen LogP) is 3.83. The number of aliphatic hydroxyl groups is 2. The van der Waals surface area contributed by atoms with Crippen LogP contribution in [0.4, 0.5) is 70.2 Å². The van der Waals surface area contributed by atoms with E-state index in [4.69, 9.17) is 10.2 Å². The third-order valence-corrected chi connectivity index (χ3v) is 2.38. The molecule has 0 radical (unpaired) electrons. The molecule has 2 atom stereocenters. The molecule has 2 unspecified atom stereocenters. The maximum Gasteiger partial charge on any atom is 0.458 e. The Hall–Kier alpha value is -1.28. The van der Waals surface area contributed by atoms with Gasteiger partial charge in [-0.1, -0.05) is 0 Å². The van der Waals surface area contributed by atoms with E-state index in [2.05, 4.69) is 0 Å². The van der Waals surface area contributed by atoms with Crippen LogP contribution in [0.5, 0.6) is 0 Å². The van der Waals surface area contributed by atoms with Crippen LogP contribution in [-0.4, -0.2) is 58.7 Å². The second-order valence-electron chi connectivity index (χ2n) is 4.51. The van der Waals surface area contributed by atoms with Crippen molar-refractivity contribution < 1.29 is 89.9 Å². The van der Waals surface area contributed by atoms with Gasteiger partial charge in [0.15, 0.2) is 0 Å². The summed E-state index contributed by atoms with van der Waals surface area (Å²) in [4.78, 5) is 0. The summed E-state index contributed by atoms with van der Waals surface area (Å²) in [6.07, 6.45) is -44.8. The zero-order chi connectivity index (χ0) is 23.4. The number of hydrogen-bond acceptors (Lipinski definition) is 4. The smallest absolute Gasteiger partial charge is 0.331 e. The average molecular weight is 466 g/mol. The number of rotatable bonds is 7. The minimum absolute atomic E-state index is 1.33. The quantitative estimate of drug-likeness (QED) is 0.561. The minimum atomic E-state index is -7.74. The third-order valence-electron chi connectivity index (χ3n) is 2.38. The van der Waals surface area contributed by atoms with Gasteiger partial charge in [0.2, 0.25) is 0 Å². The molecule has 0 fully saturated rings. The molecule has 0 aromatic heterocycles. The Balaban J connectivity index is 6.27. The Morgan fingerprint density at radius 3 is 0.679 bits per heavy atom. The van der Waals surface area contributed by atoms with E-state index in [0.717, 1.165) is 0 Å². The molecule has 170 valence electrons. The van der Waals surface area contributed by atoms with Crippen molar-refractivity contribution in [1.82, 2.24) is 0 Å². The summed E-state index contributed by atoms with van der Waals surface area (Å²) in [6, 6.07) is 0. The average Bonchev–Trinajstić information content (AvgIpc) is 2.31. The molecule has 0 rings (SSSR count). The van der Waals surface area contributed by atoms with E-state index in [-0.39, 0.29) is 0 Å². The van der Waals surface area contributed by atoms with E-state index in [9.17, 15) is 70.2 Å². The first-order valence-electron chi connectivity index (χ1n) is 5.54. The lowest BCUT2D eigenvalue weighted by atomic mass is 10.2. The van der Waals surface area contributed by atoms with Gasteiger partial charge in [-0.05, 0) is 0 Å². The van der Waals surface area contributed by atoms with Crippen LogP contribution in [0.25, 0.3) is 0 Å². The normalized spacial score (nSPS) is 19.9. The van der Waals surface area contributed by atoms with E-state index < -0.39 is 48.5 Å². The van der Waals surface area contributed by atoms with E-state index in [1.54, 1.807) is 0 Å². The van der Waals surface area contributed by atoms with Crippen LogP contribution < -0.4 is 0 Å². The van der Waals surface area contributed by atoms with E-state index in [0.29, 0.717) is 0 Å². The Bertz CT molecular complexity index is 475. The van der Waals surface area contributed by atoms with E-state index in [1.807, 2.05) is 0 Å². The van der Waals surface area contributed by atoms with Gasteiger partial charge in [0.25, 0.3) is 0 Å². The third kappa shape index (κ3) is 4.48. The number of ether oxygens (including phenoxy) is 2. The van der Waals surface area contributed by atoms with Crippen molar-refractivity contribution in [3.05, 3.63) is 0 Å². The summed E-state index contributed by atoms with van der Waals surface area (Å²) >= 11 is 0. The van der Waals surface area contributed by atoms with E-state index in [1.165, 1.54) is 9.47 Å². The highest BCUT2D eigenvalue weighted by Crippen LogP contribution is 2.54. The van der Waals surface area contributed by atoms with Crippen LogP contribution in [0.3, 0.4) is 0 Å². The molecule has 20 heteroatoms. The lowest BCUT2D eigenvalue weighted by Gasteiger charge is -2.38. The van der Waals surface area contributed by atoms with Gasteiger partial charge in [-0.25, -0.2) is 0 Å². The standard InChI is InChI=1S/C8H2F16O4/c9-1(3(11,12)13,5(17,18)25)27-7(21,22)8(23,24)28-2(10,4(14,15)16)6(19,20)26/h25-26H. The highest BCUT2D eigenvalue weighted by atomic mass is 19.4. The molecule has 0 heterocycles. The fraction of sp³-hybridized carbons (Fsp3) is 1.00. The zero-order valence-electron chi connectivity index (χ0n) is 11.8. The second-order valence-corrected chi connectivity index (χ2v) is 4.51. The molecule has 0 aromatic rings. The largest absolute Gasteiger partial charge is 0.458 e. The van der Waals surface area contributed by atoms with Crippen LogP contribution in [0.2, 0.25) is 0 Å². The topological polar surface area (TPSA) is 58.9 Å². The van der Waals surface area contributed by atoms with Gasteiger partial charge in [0.1, 0.15) is 0 Å². The first kappa shape index (κ1) is 26.7. The fourth-order valence-corrected chi connectivity index (χ4v) is 1.05. The fourth-order valence-electron chi connectivity index (χ4n) is 1.05. The van der Waals surface area contributed by atoms with Gasteiger partial charge in [-0.15, -0.1) is 0 Å². The summed E-state index contributed by atoms with van der Waals surface area (Å²) in [5, 5.41) is 15.2. The predicted molar refractivity (Wildman–Crippen MR) is 46.2 cm³/mol. The molecule has 28 heavy (non-hydrogen) atoms. The van der Waals surface area contributed by atoms with Crippen molar-refractivity contribution >= 4 is 0 Å². The van der Waals surface area contributed by atoms with Crippen molar-refractivity contribution in [3.63, 3.8) is 0 Å². The SMILES string of the molecule is OC(F)(F)C(F)(OC(F)(F)C(F)(F)OC(F)(C(O)(F)F)C(F)(F)F)C(F)(F)F. The summed E-state index contributed by atoms with van der Waals surface area (Å²) in [6.45, 7) is 0. The lowest BCUT2D eigenvalue weighted by molar-refractivity contribution is -0.569. The molecule has 0 aliphatic carbocycles. The van der Waals surface area contributed by atoms with E-state index >= 15 is 0 Å². The highest BCUT2D eigenvalue weighted by molar-refractivity contribution is 4.91. The van der Waals surface area contributed by atoms with Gasteiger partial charge >= 0.3 is 48.5 Å². The molecule has 0 aliphatic heterocycles. The van der Waals surface area contributed by atoms with Crippen molar-refractivity contribution in [2.75, 3.05) is 0 Å². The molecule has 0 aliphatic rings. The van der Waals surface area contributed by atoms with Gasteiger partial charge in [0, 0.05) is 0 Å². The molecule has 2 N–H and O–H groups in total. The molecule has 4 nitrogen and oxygen atoms in total. The Morgan fingerprint density at radius 1 is 0.393 bits per heavy atom. The van der Waals surface area contributed by atoms with Crippen molar-refractivity contribution in [2.24, 2.45) is 0 Å². The number of hydrogen-bond donors (Lipinski definition) is 2. The van der Waals surface area contributed by atoms with Crippen molar-refractivity contribution in [3.8, 4) is 0 Å². The number of halogens is 16. The van der Waals surface area contributed by atoms with Gasteiger partial charge < -0.3 is 10.2 Å². The summed E-state index contributed by atoms with van der Waals surface area (Å²) in [5.74, 6) is -15.0. The number of alkyl halides is 16. The summed E-state index contributed by atoms with van der Waals surface area (Å²) in [7, 11) is 0. The maximum atomic E-state index is 13.0. The second kappa shape index (κ2) is 6.62. The Kier molecular flexibility index (Phi) is 6.32. The molecule has 0 saturated heterocycles.